The van der Waals surface area contributed by atoms with Crippen molar-refractivity contribution < 1.29 is 17.9 Å². The van der Waals surface area contributed by atoms with Crippen LogP contribution in [0.1, 0.15) is 42.4 Å². The van der Waals surface area contributed by atoms with E-state index in [9.17, 15) is 8.42 Å². The van der Waals surface area contributed by atoms with Crippen LogP contribution >= 0.6 is 0 Å². The largest absolute Gasteiger partial charge is 0.374 e. The first-order valence-electron chi connectivity index (χ1n) is 12.3. The van der Waals surface area contributed by atoms with E-state index in [0.29, 0.717) is 66.4 Å². The summed E-state index contributed by atoms with van der Waals surface area (Å²) in [6.07, 6.45) is 4.11. The number of hydrogen-bond acceptors (Lipinski definition) is 9. The van der Waals surface area contributed by atoms with E-state index in [1.54, 1.807) is 12.1 Å². The number of H-pyrrole nitrogens is 1. The van der Waals surface area contributed by atoms with Crippen molar-refractivity contribution >= 4 is 44.0 Å². The molecule has 4 aromatic rings. The van der Waals surface area contributed by atoms with Gasteiger partial charge in [-0.05, 0) is 43.9 Å². The molecule has 0 spiro atoms. The van der Waals surface area contributed by atoms with Gasteiger partial charge in [0.05, 0.1) is 47.8 Å². The summed E-state index contributed by atoms with van der Waals surface area (Å²) in [4.78, 5) is 12.6. The third kappa shape index (κ3) is 4.91. The maximum atomic E-state index is 12.8. The molecule has 0 radical (unpaired) electrons. The van der Waals surface area contributed by atoms with Crippen LogP contribution in [0.3, 0.4) is 0 Å². The van der Waals surface area contributed by atoms with Gasteiger partial charge in [0.2, 0.25) is 0 Å². The summed E-state index contributed by atoms with van der Waals surface area (Å²) in [5, 5.41) is 11.2. The minimum absolute atomic E-state index is 0.0897. The van der Waals surface area contributed by atoms with Gasteiger partial charge in [-0.1, -0.05) is 6.07 Å². The molecule has 1 saturated heterocycles. The van der Waals surface area contributed by atoms with Gasteiger partial charge in [-0.25, -0.2) is 18.4 Å². The Balaban J connectivity index is 1.37. The SMILES string of the molecule is Cc1nc2nc(Nc3cc4n(n3)CCOC4)cc(Nc3ccc(C4CCCCO4)cc3S(C)(=O)=O)c2[nH]1. The summed E-state index contributed by atoms with van der Waals surface area (Å²) in [5.41, 5.74) is 4.17. The zero-order valence-electron chi connectivity index (χ0n) is 20.7. The Hall–Kier alpha value is -3.48. The maximum absolute atomic E-state index is 12.8. The summed E-state index contributed by atoms with van der Waals surface area (Å²) in [7, 11) is -3.52. The molecule has 1 unspecified atom stereocenters. The number of ether oxygens (including phenoxy) is 2. The van der Waals surface area contributed by atoms with Crippen LogP contribution in [0.2, 0.25) is 0 Å². The van der Waals surface area contributed by atoms with Crippen molar-refractivity contribution in [3.63, 3.8) is 0 Å². The number of fused-ring (bicyclic) bond motifs is 2. The van der Waals surface area contributed by atoms with Crippen molar-refractivity contribution in [1.82, 2.24) is 24.7 Å². The van der Waals surface area contributed by atoms with Gasteiger partial charge >= 0.3 is 0 Å². The maximum Gasteiger partial charge on any atom is 0.181 e. The standard InChI is InChI=1S/C25H29N7O4S/c1-15-26-24-19(13-22(30-25(24)27-15)29-23-12-17-14-35-10-8-32(17)31-23)28-18-7-6-16(11-21(18)37(2,33)34)20-5-3-4-9-36-20/h6-7,11-13,20H,3-5,8-10,14H2,1-2H3,(H3,26,27,28,29,30,31). The number of rotatable bonds is 6. The Morgan fingerprint density at radius 3 is 2.73 bits per heavy atom. The first-order chi connectivity index (χ1) is 17.8. The van der Waals surface area contributed by atoms with Gasteiger partial charge < -0.3 is 25.1 Å². The van der Waals surface area contributed by atoms with Crippen LogP contribution in [0.15, 0.2) is 35.2 Å². The van der Waals surface area contributed by atoms with Gasteiger partial charge in [0.15, 0.2) is 21.3 Å². The first-order valence-corrected chi connectivity index (χ1v) is 14.2. The highest BCUT2D eigenvalue weighted by molar-refractivity contribution is 7.90. The predicted octanol–water partition coefficient (Wildman–Crippen LogP) is 4.13. The van der Waals surface area contributed by atoms with Crippen LogP contribution < -0.4 is 10.6 Å². The van der Waals surface area contributed by atoms with Gasteiger partial charge in [-0.15, -0.1) is 0 Å². The Morgan fingerprint density at radius 1 is 1.05 bits per heavy atom. The molecular weight excluding hydrogens is 494 g/mol. The van der Waals surface area contributed by atoms with Crippen molar-refractivity contribution in [2.75, 3.05) is 30.1 Å². The molecule has 37 heavy (non-hydrogen) atoms. The molecule has 0 amide bonds. The second kappa shape index (κ2) is 9.43. The van der Waals surface area contributed by atoms with Crippen molar-refractivity contribution in [2.45, 2.75) is 50.3 Å². The van der Waals surface area contributed by atoms with E-state index in [-0.39, 0.29) is 11.0 Å². The predicted molar refractivity (Wildman–Crippen MR) is 139 cm³/mol. The lowest BCUT2D eigenvalue weighted by molar-refractivity contribution is 0.0148. The van der Waals surface area contributed by atoms with E-state index in [4.69, 9.17) is 9.47 Å². The lowest BCUT2D eigenvalue weighted by atomic mass is 10.0. The molecule has 194 valence electrons. The van der Waals surface area contributed by atoms with E-state index >= 15 is 0 Å². The number of sulfone groups is 1. The molecule has 2 aliphatic rings. The fourth-order valence-corrected chi connectivity index (χ4v) is 5.72. The monoisotopic (exact) mass is 523 g/mol. The molecule has 1 atom stereocenters. The van der Waals surface area contributed by atoms with Crippen LogP contribution in [0.25, 0.3) is 11.2 Å². The quantitative estimate of drug-likeness (QED) is 0.341. The molecule has 2 aliphatic heterocycles. The summed E-state index contributed by atoms with van der Waals surface area (Å²) in [5.74, 6) is 1.88. The zero-order valence-corrected chi connectivity index (χ0v) is 21.6. The van der Waals surface area contributed by atoms with Gasteiger partial charge in [-0.3, -0.25) is 4.68 Å². The van der Waals surface area contributed by atoms with Crippen molar-refractivity contribution in [3.05, 3.63) is 47.4 Å². The highest BCUT2D eigenvalue weighted by Crippen LogP contribution is 2.35. The second-order valence-electron chi connectivity index (χ2n) is 9.51. The minimum Gasteiger partial charge on any atom is -0.374 e. The molecule has 12 heteroatoms. The average Bonchev–Trinajstić information content (AvgIpc) is 3.46. The van der Waals surface area contributed by atoms with E-state index < -0.39 is 9.84 Å². The molecule has 0 saturated carbocycles. The van der Waals surface area contributed by atoms with Crippen LogP contribution in [-0.2, 0) is 32.5 Å². The Kier molecular flexibility index (Phi) is 6.09. The second-order valence-corrected chi connectivity index (χ2v) is 11.5. The molecule has 0 bridgehead atoms. The molecule has 3 aromatic heterocycles. The highest BCUT2D eigenvalue weighted by Gasteiger charge is 2.22. The normalized spacial score (nSPS) is 18.1. The molecular formula is C25H29N7O4S. The Morgan fingerprint density at radius 2 is 1.95 bits per heavy atom. The fraction of sp³-hybridized carbons (Fsp3) is 0.400. The van der Waals surface area contributed by atoms with E-state index in [1.165, 1.54) is 6.26 Å². The number of aromatic amines is 1. The fourth-order valence-electron chi connectivity index (χ4n) is 4.85. The number of pyridine rings is 1. The van der Waals surface area contributed by atoms with Gasteiger partial charge in [0.1, 0.15) is 17.2 Å². The summed E-state index contributed by atoms with van der Waals surface area (Å²) in [6, 6.07) is 9.21. The van der Waals surface area contributed by atoms with Crippen molar-refractivity contribution in [3.8, 4) is 0 Å². The molecule has 11 nitrogen and oxygen atoms in total. The molecule has 1 aromatic carbocycles. The van der Waals surface area contributed by atoms with Crippen molar-refractivity contribution in [1.29, 1.82) is 0 Å². The smallest absolute Gasteiger partial charge is 0.181 e. The lowest BCUT2D eigenvalue weighted by Crippen LogP contribution is -2.16. The number of benzene rings is 1. The third-order valence-corrected chi connectivity index (χ3v) is 7.76. The summed E-state index contributed by atoms with van der Waals surface area (Å²) >= 11 is 0. The Bertz CT molecular complexity index is 1550. The van der Waals surface area contributed by atoms with Gasteiger partial charge in [0, 0.05) is 25.0 Å². The van der Waals surface area contributed by atoms with Gasteiger partial charge in [0.25, 0.3) is 0 Å². The van der Waals surface area contributed by atoms with Crippen LogP contribution in [0.4, 0.5) is 23.0 Å². The van der Waals surface area contributed by atoms with Crippen molar-refractivity contribution in [2.24, 2.45) is 0 Å². The number of hydrogen-bond donors (Lipinski definition) is 3. The van der Waals surface area contributed by atoms with Crippen LogP contribution in [-0.4, -0.2) is 52.6 Å². The average molecular weight is 524 g/mol. The number of aryl methyl sites for hydroxylation is 1. The third-order valence-electron chi connectivity index (χ3n) is 6.62. The Labute approximate surface area is 214 Å². The number of aromatic nitrogens is 5. The topological polar surface area (TPSA) is 136 Å². The minimum atomic E-state index is -3.52. The molecule has 5 heterocycles. The molecule has 0 aliphatic carbocycles. The molecule has 1 fully saturated rings. The number of nitrogens with zero attached hydrogens (tertiary/aromatic N) is 4. The molecule has 3 N–H and O–H groups in total. The first kappa shape index (κ1) is 23.9. The summed E-state index contributed by atoms with van der Waals surface area (Å²) < 4.78 is 38.9. The number of nitrogens with one attached hydrogen (secondary N) is 3. The number of anilines is 4. The summed E-state index contributed by atoms with van der Waals surface area (Å²) in [6.45, 7) is 4.39. The highest BCUT2D eigenvalue weighted by atomic mass is 32.2. The van der Waals surface area contributed by atoms with E-state index in [0.717, 1.165) is 30.5 Å². The zero-order chi connectivity index (χ0) is 25.6. The van der Waals surface area contributed by atoms with Gasteiger partial charge in [-0.2, -0.15) is 5.10 Å². The number of imidazole rings is 1. The lowest BCUT2D eigenvalue weighted by Gasteiger charge is -2.24. The van der Waals surface area contributed by atoms with E-state index in [1.807, 2.05) is 29.8 Å². The van der Waals surface area contributed by atoms with Crippen LogP contribution in [0.5, 0.6) is 0 Å². The van der Waals surface area contributed by atoms with E-state index in [2.05, 4.69) is 30.7 Å². The molecule has 6 rings (SSSR count). The van der Waals surface area contributed by atoms with Crippen LogP contribution in [0, 0.1) is 6.92 Å².